The van der Waals surface area contributed by atoms with E-state index >= 15 is 0 Å². The number of nitriles is 1. The monoisotopic (exact) mass is 423 g/mol. The SMILES string of the molecule is C#Cc1nc(NC(=O)NC(CO)C(=O)N2CCC(c3ccccc3C#N)CC2)cs1. The molecule has 0 spiro atoms. The predicted octanol–water partition coefficient (Wildman–Crippen LogP) is 1.88. The molecule has 1 aromatic heterocycles. The van der Waals surface area contributed by atoms with Crippen LogP contribution in [0.4, 0.5) is 10.6 Å². The Kier molecular flexibility index (Phi) is 7.02. The van der Waals surface area contributed by atoms with E-state index in [2.05, 4.69) is 27.6 Å². The van der Waals surface area contributed by atoms with E-state index in [1.165, 1.54) is 11.3 Å². The number of urea groups is 1. The van der Waals surface area contributed by atoms with Crippen LogP contribution in [-0.4, -0.2) is 52.7 Å². The number of anilines is 1. The molecular formula is C21H21N5O3S. The normalized spacial score (nSPS) is 15.0. The van der Waals surface area contributed by atoms with Crippen LogP contribution in [0.1, 0.15) is 34.9 Å². The number of thiazole rings is 1. The largest absolute Gasteiger partial charge is 0.394 e. The molecule has 1 fully saturated rings. The zero-order chi connectivity index (χ0) is 21.5. The molecule has 3 rings (SSSR count). The van der Waals surface area contributed by atoms with Crippen LogP contribution >= 0.6 is 11.3 Å². The molecule has 0 bridgehead atoms. The lowest BCUT2D eigenvalue weighted by atomic mass is 9.86. The van der Waals surface area contributed by atoms with E-state index in [1.807, 2.05) is 18.2 Å². The molecule has 1 saturated heterocycles. The van der Waals surface area contributed by atoms with Crippen LogP contribution in [0.5, 0.6) is 0 Å². The van der Waals surface area contributed by atoms with Gasteiger partial charge in [-0.1, -0.05) is 18.2 Å². The molecule has 2 heterocycles. The van der Waals surface area contributed by atoms with Crippen molar-refractivity contribution in [2.45, 2.75) is 24.8 Å². The van der Waals surface area contributed by atoms with Gasteiger partial charge in [0.25, 0.3) is 0 Å². The van der Waals surface area contributed by atoms with E-state index in [0.29, 0.717) is 36.5 Å². The first-order chi connectivity index (χ1) is 14.5. The summed E-state index contributed by atoms with van der Waals surface area (Å²) in [6, 6.07) is 8.01. The van der Waals surface area contributed by atoms with Crippen LogP contribution in [0.3, 0.4) is 0 Å². The highest BCUT2D eigenvalue weighted by atomic mass is 32.1. The van der Waals surface area contributed by atoms with E-state index in [0.717, 1.165) is 5.56 Å². The van der Waals surface area contributed by atoms with Crippen LogP contribution in [0.2, 0.25) is 0 Å². The first kappa shape index (κ1) is 21.3. The highest BCUT2D eigenvalue weighted by molar-refractivity contribution is 7.10. The molecule has 1 aromatic carbocycles. The average Bonchev–Trinajstić information content (AvgIpc) is 3.24. The molecule has 154 valence electrons. The first-order valence-electron chi connectivity index (χ1n) is 9.44. The number of hydrogen-bond acceptors (Lipinski definition) is 6. The number of amides is 3. The molecule has 9 heteroatoms. The van der Waals surface area contributed by atoms with Gasteiger partial charge in [-0.05, 0) is 36.3 Å². The van der Waals surface area contributed by atoms with Gasteiger partial charge in [0.15, 0.2) is 5.01 Å². The first-order valence-corrected chi connectivity index (χ1v) is 10.3. The van der Waals surface area contributed by atoms with Gasteiger partial charge in [-0.3, -0.25) is 10.1 Å². The number of carbonyl (C=O) groups excluding carboxylic acids is 2. The summed E-state index contributed by atoms with van der Waals surface area (Å²) in [5, 5.41) is 25.9. The molecule has 3 N–H and O–H groups in total. The second kappa shape index (κ2) is 9.88. The maximum absolute atomic E-state index is 12.8. The van der Waals surface area contributed by atoms with Gasteiger partial charge in [0, 0.05) is 18.5 Å². The van der Waals surface area contributed by atoms with Crippen molar-refractivity contribution in [3.05, 3.63) is 45.8 Å². The van der Waals surface area contributed by atoms with Crippen molar-refractivity contribution in [3.8, 4) is 18.4 Å². The fourth-order valence-corrected chi connectivity index (χ4v) is 4.03. The molecule has 3 amide bonds. The number of carbonyl (C=O) groups is 2. The standard InChI is InChI=1S/C21H21N5O3S/c1-2-19-24-18(13-30-19)25-21(29)23-17(12-27)20(28)26-9-7-14(8-10-26)16-6-4-3-5-15(16)11-22/h1,3-6,13-14,17,27H,7-10,12H2,(H2,23,25,29). The summed E-state index contributed by atoms with van der Waals surface area (Å²) in [5.74, 6) is 2.51. The Bertz CT molecular complexity index is 999. The molecule has 1 atom stereocenters. The number of likely N-dealkylation sites (tertiary alicyclic amines) is 1. The Morgan fingerprint density at radius 2 is 2.10 bits per heavy atom. The molecule has 0 saturated carbocycles. The van der Waals surface area contributed by atoms with Crippen molar-refractivity contribution in [2.75, 3.05) is 25.0 Å². The summed E-state index contributed by atoms with van der Waals surface area (Å²) >= 11 is 1.21. The minimum Gasteiger partial charge on any atom is -0.394 e. The number of aliphatic hydroxyl groups is 1. The highest BCUT2D eigenvalue weighted by Gasteiger charge is 2.30. The summed E-state index contributed by atoms with van der Waals surface area (Å²) in [6.07, 6.45) is 6.67. The maximum Gasteiger partial charge on any atom is 0.321 e. The third-order valence-electron chi connectivity index (χ3n) is 4.98. The predicted molar refractivity (Wildman–Crippen MR) is 113 cm³/mol. The van der Waals surface area contributed by atoms with Gasteiger partial charge in [-0.15, -0.1) is 17.8 Å². The lowest BCUT2D eigenvalue weighted by Crippen LogP contribution is -2.53. The van der Waals surface area contributed by atoms with Crippen LogP contribution in [0, 0.1) is 23.7 Å². The molecule has 1 aliphatic rings. The third kappa shape index (κ3) is 4.95. The van der Waals surface area contributed by atoms with Crippen molar-refractivity contribution >= 4 is 29.1 Å². The topological polar surface area (TPSA) is 118 Å². The number of nitrogens with zero attached hydrogens (tertiary/aromatic N) is 3. The maximum atomic E-state index is 12.8. The van der Waals surface area contributed by atoms with Crippen LogP contribution < -0.4 is 10.6 Å². The van der Waals surface area contributed by atoms with Crippen LogP contribution in [-0.2, 0) is 4.79 Å². The van der Waals surface area contributed by atoms with Gasteiger partial charge in [0.1, 0.15) is 11.9 Å². The fraction of sp³-hybridized carbons (Fsp3) is 0.333. The van der Waals surface area contributed by atoms with Gasteiger partial charge in [0.05, 0.1) is 18.2 Å². The number of rotatable bonds is 5. The van der Waals surface area contributed by atoms with Gasteiger partial charge in [-0.2, -0.15) is 5.26 Å². The molecule has 0 aliphatic carbocycles. The second-order valence-electron chi connectivity index (χ2n) is 6.81. The second-order valence-corrected chi connectivity index (χ2v) is 7.67. The zero-order valence-corrected chi connectivity index (χ0v) is 17.0. The van der Waals surface area contributed by atoms with Crippen LogP contribution in [0.25, 0.3) is 0 Å². The van der Waals surface area contributed by atoms with Crippen molar-refractivity contribution in [1.29, 1.82) is 5.26 Å². The quantitative estimate of drug-likeness (QED) is 0.635. The van der Waals surface area contributed by atoms with Crippen molar-refractivity contribution in [2.24, 2.45) is 0 Å². The molecule has 2 aromatic rings. The number of benzene rings is 1. The Hall–Kier alpha value is -3.40. The summed E-state index contributed by atoms with van der Waals surface area (Å²) in [4.78, 5) is 30.6. The number of hydrogen-bond donors (Lipinski definition) is 3. The van der Waals surface area contributed by atoms with E-state index in [-0.39, 0.29) is 17.6 Å². The minimum atomic E-state index is -1.06. The number of aliphatic hydroxyl groups excluding tert-OH is 1. The minimum absolute atomic E-state index is 0.198. The molecule has 1 unspecified atom stereocenters. The fourth-order valence-electron chi connectivity index (χ4n) is 3.48. The van der Waals surface area contributed by atoms with E-state index in [1.54, 1.807) is 16.3 Å². The smallest absolute Gasteiger partial charge is 0.321 e. The number of terminal acetylenes is 1. The lowest BCUT2D eigenvalue weighted by molar-refractivity contribution is -0.135. The molecule has 0 radical (unpaired) electrons. The third-order valence-corrected chi connectivity index (χ3v) is 5.76. The highest BCUT2D eigenvalue weighted by Crippen LogP contribution is 2.30. The lowest BCUT2D eigenvalue weighted by Gasteiger charge is -2.34. The zero-order valence-electron chi connectivity index (χ0n) is 16.2. The number of piperidine rings is 1. The van der Waals surface area contributed by atoms with Gasteiger partial charge in [0.2, 0.25) is 5.91 Å². The van der Waals surface area contributed by atoms with E-state index in [4.69, 9.17) is 6.42 Å². The Labute approximate surface area is 178 Å². The number of aromatic nitrogens is 1. The van der Waals surface area contributed by atoms with Crippen molar-refractivity contribution in [3.63, 3.8) is 0 Å². The summed E-state index contributed by atoms with van der Waals surface area (Å²) < 4.78 is 0. The summed E-state index contributed by atoms with van der Waals surface area (Å²) in [6.45, 7) is 0.456. The Morgan fingerprint density at radius 3 is 2.73 bits per heavy atom. The number of nitrogens with one attached hydrogen (secondary N) is 2. The van der Waals surface area contributed by atoms with E-state index < -0.39 is 18.7 Å². The van der Waals surface area contributed by atoms with Gasteiger partial charge >= 0.3 is 6.03 Å². The van der Waals surface area contributed by atoms with Crippen molar-refractivity contribution < 1.29 is 14.7 Å². The molecular weight excluding hydrogens is 402 g/mol. The van der Waals surface area contributed by atoms with Crippen LogP contribution in [0.15, 0.2) is 29.6 Å². The average molecular weight is 423 g/mol. The van der Waals surface area contributed by atoms with E-state index in [9.17, 15) is 20.0 Å². The molecule has 8 nitrogen and oxygen atoms in total. The Morgan fingerprint density at radius 1 is 1.37 bits per heavy atom. The summed E-state index contributed by atoms with van der Waals surface area (Å²) in [7, 11) is 0. The summed E-state index contributed by atoms with van der Waals surface area (Å²) in [5.41, 5.74) is 1.65. The molecule has 1 aliphatic heterocycles. The van der Waals surface area contributed by atoms with Crippen molar-refractivity contribution in [1.82, 2.24) is 15.2 Å². The Balaban J connectivity index is 1.55. The molecule has 30 heavy (non-hydrogen) atoms. The van der Waals surface area contributed by atoms with Gasteiger partial charge < -0.3 is 15.3 Å². The van der Waals surface area contributed by atoms with Gasteiger partial charge in [-0.25, -0.2) is 9.78 Å².